The van der Waals surface area contributed by atoms with E-state index >= 15 is 0 Å². The van der Waals surface area contributed by atoms with E-state index in [4.69, 9.17) is 16.3 Å². The average molecular weight is 369 g/mol. The molecular weight excluding hydrogens is 352 g/mol. The van der Waals surface area contributed by atoms with Crippen molar-refractivity contribution in [2.45, 2.75) is 4.90 Å². The standard InChI is InChI=1S/C16H17ClN2O4S/c1-23-10-9-18-24(21,22)15-7-5-12(6-8-15)16(20)19-14-4-2-3-13(17)11-14/h2-8,11,18H,9-10H2,1H3,(H,19,20). The Labute approximate surface area is 145 Å². The molecule has 0 unspecified atom stereocenters. The van der Waals surface area contributed by atoms with Crippen molar-refractivity contribution >= 4 is 33.2 Å². The molecule has 0 atom stereocenters. The molecule has 0 saturated carbocycles. The molecule has 0 fully saturated rings. The van der Waals surface area contributed by atoms with E-state index < -0.39 is 10.0 Å². The Morgan fingerprint density at radius 1 is 1.17 bits per heavy atom. The first kappa shape index (κ1) is 18.4. The predicted molar refractivity (Wildman–Crippen MR) is 92.9 cm³/mol. The van der Waals surface area contributed by atoms with E-state index in [1.54, 1.807) is 24.3 Å². The molecule has 0 aromatic heterocycles. The molecule has 2 N–H and O–H groups in total. The summed E-state index contributed by atoms with van der Waals surface area (Å²) in [6.45, 7) is 0.454. The third-order valence-electron chi connectivity index (χ3n) is 3.11. The Bertz CT molecular complexity index is 807. The highest BCUT2D eigenvalue weighted by Crippen LogP contribution is 2.16. The summed E-state index contributed by atoms with van der Waals surface area (Å²) in [6.07, 6.45) is 0. The van der Waals surface area contributed by atoms with E-state index in [1.807, 2.05) is 0 Å². The molecule has 8 heteroatoms. The van der Waals surface area contributed by atoms with Crippen LogP contribution in [0.15, 0.2) is 53.4 Å². The minimum absolute atomic E-state index is 0.0814. The van der Waals surface area contributed by atoms with Crippen LogP contribution in [0.25, 0.3) is 0 Å². The van der Waals surface area contributed by atoms with Gasteiger partial charge in [-0.3, -0.25) is 4.79 Å². The lowest BCUT2D eigenvalue weighted by Crippen LogP contribution is -2.27. The number of methoxy groups -OCH3 is 1. The SMILES string of the molecule is COCCNS(=O)(=O)c1ccc(C(=O)Nc2cccc(Cl)c2)cc1. The van der Waals surface area contributed by atoms with Gasteiger partial charge in [0, 0.05) is 29.9 Å². The van der Waals surface area contributed by atoms with E-state index in [0.29, 0.717) is 16.3 Å². The smallest absolute Gasteiger partial charge is 0.255 e. The lowest BCUT2D eigenvalue weighted by Gasteiger charge is -2.08. The molecule has 2 rings (SSSR count). The summed E-state index contributed by atoms with van der Waals surface area (Å²) in [5.74, 6) is -0.353. The normalized spacial score (nSPS) is 11.2. The number of hydrogen-bond acceptors (Lipinski definition) is 4. The zero-order chi connectivity index (χ0) is 17.6. The molecule has 128 valence electrons. The summed E-state index contributed by atoms with van der Waals surface area (Å²) in [5, 5.41) is 3.20. The van der Waals surface area contributed by atoms with E-state index in [2.05, 4.69) is 10.0 Å². The van der Waals surface area contributed by atoms with E-state index in [1.165, 1.54) is 31.4 Å². The Hall–Kier alpha value is -1.93. The van der Waals surface area contributed by atoms with Gasteiger partial charge in [-0.2, -0.15) is 0 Å². The lowest BCUT2D eigenvalue weighted by molar-refractivity contribution is 0.102. The van der Waals surface area contributed by atoms with Crippen molar-refractivity contribution in [3.8, 4) is 0 Å². The molecule has 24 heavy (non-hydrogen) atoms. The molecular formula is C16H17ClN2O4S. The summed E-state index contributed by atoms with van der Waals surface area (Å²) in [6, 6.07) is 12.4. The molecule has 0 spiro atoms. The van der Waals surface area contributed by atoms with Gasteiger partial charge in [0.05, 0.1) is 11.5 Å². The van der Waals surface area contributed by atoms with Crippen LogP contribution in [-0.4, -0.2) is 34.6 Å². The predicted octanol–water partition coefficient (Wildman–Crippen LogP) is 2.52. The maximum Gasteiger partial charge on any atom is 0.255 e. The van der Waals surface area contributed by atoms with Gasteiger partial charge < -0.3 is 10.1 Å². The minimum Gasteiger partial charge on any atom is -0.383 e. The molecule has 0 radical (unpaired) electrons. The van der Waals surface area contributed by atoms with E-state index in [9.17, 15) is 13.2 Å². The number of carbonyl (C=O) groups excluding carboxylic acids is 1. The zero-order valence-electron chi connectivity index (χ0n) is 13.0. The highest BCUT2D eigenvalue weighted by Gasteiger charge is 2.14. The van der Waals surface area contributed by atoms with Gasteiger partial charge in [0.2, 0.25) is 10.0 Å². The van der Waals surface area contributed by atoms with Crippen molar-refractivity contribution in [2.24, 2.45) is 0 Å². The van der Waals surface area contributed by atoms with Gasteiger partial charge in [0.1, 0.15) is 0 Å². The van der Waals surface area contributed by atoms with Crippen LogP contribution >= 0.6 is 11.6 Å². The quantitative estimate of drug-likeness (QED) is 0.735. The topological polar surface area (TPSA) is 84.5 Å². The molecule has 0 aliphatic rings. The van der Waals surface area contributed by atoms with Crippen molar-refractivity contribution in [3.05, 3.63) is 59.1 Å². The molecule has 0 saturated heterocycles. The van der Waals surface area contributed by atoms with Crippen LogP contribution in [0.3, 0.4) is 0 Å². The molecule has 0 heterocycles. The first-order valence-corrected chi connectivity index (χ1v) is 8.94. The van der Waals surface area contributed by atoms with Crippen LogP contribution in [0.2, 0.25) is 5.02 Å². The first-order valence-electron chi connectivity index (χ1n) is 7.08. The van der Waals surface area contributed by atoms with Gasteiger partial charge in [-0.25, -0.2) is 13.1 Å². The number of sulfonamides is 1. The third-order valence-corrected chi connectivity index (χ3v) is 4.82. The second-order valence-corrected chi connectivity index (χ2v) is 7.08. The lowest BCUT2D eigenvalue weighted by atomic mass is 10.2. The fourth-order valence-electron chi connectivity index (χ4n) is 1.92. The van der Waals surface area contributed by atoms with Crippen LogP contribution in [0.4, 0.5) is 5.69 Å². The Balaban J connectivity index is 2.07. The van der Waals surface area contributed by atoms with Crippen molar-refractivity contribution in [3.63, 3.8) is 0 Å². The van der Waals surface area contributed by atoms with Crippen molar-refractivity contribution in [2.75, 3.05) is 25.6 Å². The highest BCUT2D eigenvalue weighted by atomic mass is 35.5. The number of benzene rings is 2. The van der Waals surface area contributed by atoms with Gasteiger partial charge in [0.15, 0.2) is 0 Å². The Kier molecular flexibility index (Phi) is 6.33. The number of carbonyl (C=O) groups is 1. The summed E-state index contributed by atoms with van der Waals surface area (Å²) < 4.78 is 31.3. The van der Waals surface area contributed by atoms with Gasteiger partial charge in [-0.05, 0) is 42.5 Å². The molecule has 6 nitrogen and oxygen atoms in total. The summed E-state index contributed by atoms with van der Waals surface area (Å²) >= 11 is 5.86. The number of rotatable bonds is 7. The van der Waals surface area contributed by atoms with Crippen LogP contribution in [0.5, 0.6) is 0 Å². The average Bonchev–Trinajstić information content (AvgIpc) is 2.55. The van der Waals surface area contributed by atoms with Gasteiger partial charge in [-0.15, -0.1) is 0 Å². The van der Waals surface area contributed by atoms with Crippen LogP contribution in [0, 0.1) is 0 Å². The van der Waals surface area contributed by atoms with Crippen LogP contribution in [-0.2, 0) is 14.8 Å². The van der Waals surface area contributed by atoms with Gasteiger partial charge in [-0.1, -0.05) is 17.7 Å². The number of ether oxygens (including phenoxy) is 1. The Morgan fingerprint density at radius 3 is 2.50 bits per heavy atom. The van der Waals surface area contributed by atoms with Crippen LogP contribution in [0.1, 0.15) is 10.4 Å². The molecule has 0 bridgehead atoms. The summed E-state index contributed by atoms with van der Waals surface area (Å²) in [7, 11) is -2.13. The summed E-state index contributed by atoms with van der Waals surface area (Å²) in [4.78, 5) is 12.2. The zero-order valence-corrected chi connectivity index (χ0v) is 14.5. The monoisotopic (exact) mass is 368 g/mol. The number of anilines is 1. The van der Waals surface area contributed by atoms with Crippen molar-refractivity contribution < 1.29 is 17.9 Å². The maximum atomic E-state index is 12.2. The number of hydrogen-bond donors (Lipinski definition) is 2. The number of amides is 1. The fraction of sp³-hybridized carbons (Fsp3) is 0.188. The molecule has 2 aromatic rings. The second-order valence-electron chi connectivity index (χ2n) is 4.88. The number of nitrogens with one attached hydrogen (secondary N) is 2. The van der Waals surface area contributed by atoms with Crippen LogP contribution < -0.4 is 10.0 Å². The van der Waals surface area contributed by atoms with Gasteiger partial charge >= 0.3 is 0 Å². The molecule has 0 aliphatic heterocycles. The summed E-state index contributed by atoms with van der Waals surface area (Å²) in [5.41, 5.74) is 0.899. The van der Waals surface area contributed by atoms with Crippen molar-refractivity contribution in [1.82, 2.24) is 4.72 Å². The Morgan fingerprint density at radius 2 is 1.88 bits per heavy atom. The first-order chi connectivity index (χ1) is 11.4. The molecule has 1 amide bonds. The molecule has 0 aliphatic carbocycles. The third kappa shape index (κ3) is 5.04. The second kappa shape index (κ2) is 8.25. The minimum atomic E-state index is -3.62. The van der Waals surface area contributed by atoms with Crippen molar-refractivity contribution in [1.29, 1.82) is 0 Å². The molecule has 2 aromatic carbocycles. The largest absolute Gasteiger partial charge is 0.383 e. The van der Waals surface area contributed by atoms with E-state index in [0.717, 1.165) is 0 Å². The van der Waals surface area contributed by atoms with Gasteiger partial charge in [0.25, 0.3) is 5.91 Å². The fourth-order valence-corrected chi connectivity index (χ4v) is 3.12. The highest BCUT2D eigenvalue weighted by molar-refractivity contribution is 7.89. The van der Waals surface area contributed by atoms with E-state index in [-0.39, 0.29) is 24.0 Å². The number of halogens is 1. The maximum absolute atomic E-state index is 12.2.